The lowest BCUT2D eigenvalue weighted by molar-refractivity contribution is 0.588. The van der Waals surface area contributed by atoms with Crippen molar-refractivity contribution in [2.24, 2.45) is 0 Å². The Bertz CT molecular complexity index is 360. The zero-order chi connectivity index (χ0) is 14.0. The summed E-state index contributed by atoms with van der Waals surface area (Å²) in [4.78, 5) is 0. The number of aromatic nitrogens is 2. The predicted molar refractivity (Wildman–Crippen MR) is 86.3 cm³/mol. The van der Waals surface area contributed by atoms with Crippen molar-refractivity contribution in [2.75, 3.05) is 6.54 Å². The molecule has 1 aromatic rings. The second kappa shape index (κ2) is 9.46. The molecule has 1 fully saturated rings. The summed E-state index contributed by atoms with van der Waals surface area (Å²) in [5.74, 6) is 0. The molecule has 1 saturated carbocycles. The first-order chi connectivity index (χ1) is 9.88. The van der Waals surface area contributed by atoms with E-state index >= 15 is 0 Å². The maximum absolute atomic E-state index is 4.32. The molecule has 114 valence electrons. The molecular formula is C16H29N3S. The molecule has 0 aliphatic heterocycles. The van der Waals surface area contributed by atoms with Crippen LogP contribution in [-0.4, -0.2) is 22.8 Å². The molecule has 0 saturated heterocycles. The highest BCUT2D eigenvalue weighted by atomic mass is 32.1. The van der Waals surface area contributed by atoms with Crippen LogP contribution in [0.25, 0.3) is 0 Å². The van der Waals surface area contributed by atoms with E-state index in [1.807, 2.05) is 11.3 Å². The Hall–Kier alpha value is -0.480. The molecule has 4 heteroatoms. The van der Waals surface area contributed by atoms with Gasteiger partial charge in [-0.2, -0.15) is 0 Å². The molecule has 3 nitrogen and oxygen atoms in total. The smallest absolute Gasteiger partial charge is 0.118 e. The number of unbranched alkanes of at least 4 members (excludes halogenated alkanes) is 6. The Morgan fingerprint density at radius 3 is 2.30 bits per heavy atom. The quantitative estimate of drug-likeness (QED) is 0.589. The highest BCUT2D eigenvalue weighted by molar-refractivity contribution is 7.11. The van der Waals surface area contributed by atoms with Crippen LogP contribution in [0.15, 0.2) is 0 Å². The lowest BCUT2D eigenvalue weighted by Gasteiger charge is -1.99. The monoisotopic (exact) mass is 295 g/mol. The van der Waals surface area contributed by atoms with Gasteiger partial charge in [0.25, 0.3) is 0 Å². The summed E-state index contributed by atoms with van der Waals surface area (Å²) in [5, 5.41) is 14.6. The van der Waals surface area contributed by atoms with Gasteiger partial charge < -0.3 is 5.32 Å². The molecule has 1 aliphatic rings. The van der Waals surface area contributed by atoms with Crippen LogP contribution >= 0.6 is 11.3 Å². The molecule has 2 rings (SSSR count). The van der Waals surface area contributed by atoms with E-state index in [-0.39, 0.29) is 0 Å². The summed E-state index contributed by atoms with van der Waals surface area (Å²) < 4.78 is 0. The topological polar surface area (TPSA) is 37.8 Å². The van der Waals surface area contributed by atoms with Crippen LogP contribution in [0, 0.1) is 0 Å². The van der Waals surface area contributed by atoms with Crippen LogP contribution in [0.3, 0.4) is 0 Å². The first-order valence-corrected chi connectivity index (χ1v) is 9.24. The van der Waals surface area contributed by atoms with Crippen molar-refractivity contribution >= 4 is 11.3 Å². The Labute approximate surface area is 127 Å². The molecule has 0 amide bonds. The van der Waals surface area contributed by atoms with Gasteiger partial charge in [-0.3, -0.25) is 0 Å². The van der Waals surface area contributed by atoms with Crippen molar-refractivity contribution in [2.45, 2.75) is 83.6 Å². The Morgan fingerprint density at radius 2 is 1.60 bits per heavy atom. The lowest BCUT2D eigenvalue weighted by atomic mass is 10.1. The fourth-order valence-corrected chi connectivity index (χ4v) is 3.28. The van der Waals surface area contributed by atoms with E-state index < -0.39 is 0 Å². The van der Waals surface area contributed by atoms with Gasteiger partial charge >= 0.3 is 0 Å². The minimum absolute atomic E-state index is 0.801. The molecule has 1 aliphatic carbocycles. The number of nitrogens with zero attached hydrogens (tertiary/aromatic N) is 2. The van der Waals surface area contributed by atoms with Gasteiger partial charge in [0.2, 0.25) is 0 Å². The van der Waals surface area contributed by atoms with E-state index in [1.54, 1.807) is 0 Å². The molecule has 20 heavy (non-hydrogen) atoms. The summed E-state index contributed by atoms with van der Waals surface area (Å²) in [7, 11) is 0. The van der Waals surface area contributed by atoms with Gasteiger partial charge in [0, 0.05) is 25.4 Å². The first kappa shape index (κ1) is 15.9. The molecule has 0 aromatic carbocycles. The van der Waals surface area contributed by atoms with Gasteiger partial charge in [0.1, 0.15) is 10.0 Å². The third kappa shape index (κ3) is 6.80. The number of hydrogen-bond acceptors (Lipinski definition) is 4. The summed E-state index contributed by atoms with van der Waals surface area (Å²) in [6.07, 6.45) is 14.5. The van der Waals surface area contributed by atoms with E-state index in [4.69, 9.17) is 0 Å². The molecule has 0 radical (unpaired) electrons. The minimum Gasteiger partial charge on any atom is -0.314 e. The summed E-state index contributed by atoms with van der Waals surface area (Å²) >= 11 is 1.81. The lowest BCUT2D eigenvalue weighted by Crippen LogP contribution is -2.19. The van der Waals surface area contributed by atoms with Crippen molar-refractivity contribution in [3.8, 4) is 0 Å². The second-order valence-electron chi connectivity index (χ2n) is 5.94. The SMILES string of the molecule is CCCCCCCCCc1nnc(CCNC2CC2)s1. The van der Waals surface area contributed by atoms with Crippen LogP contribution in [0.1, 0.15) is 74.7 Å². The summed E-state index contributed by atoms with van der Waals surface area (Å²) in [5.41, 5.74) is 0. The molecule has 1 aromatic heterocycles. The van der Waals surface area contributed by atoms with Crippen LogP contribution in [0.5, 0.6) is 0 Å². The van der Waals surface area contributed by atoms with Crippen LogP contribution in [0.4, 0.5) is 0 Å². The van der Waals surface area contributed by atoms with E-state index in [2.05, 4.69) is 22.4 Å². The standard InChI is InChI=1S/C16H29N3S/c1-2-3-4-5-6-7-8-9-15-18-19-16(20-15)12-13-17-14-10-11-14/h14,17H,2-13H2,1H3. The normalized spacial score (nSPS) is 14.8. The molecule has 1 heterocycles. The van der Waals surface area contributed by atoms with Crippen LogP contribution < -0.4 is 5.32 Å². The molecule has 1 N–H and O–H groups in total. The Kier molecular flexibility index (Phi) is 7.52. The van der Waals surface area contributed by atoms with E-state index in [0.717, 1.165) is 25.4 Å². The number of aryl methyl sites for hydroxylation is 1. The van der Waals surface area contributed by atoms with Crippen LogP contribution in [-0.2, 0) is 12.8 Å². The molecule has 0 spiro atoms. The Balaban J connectivity index is 1.48. The molecule has 0 atom stereocenters. The van der Waals surface area contributed by atoms with Crippen molar-refractivity contribution in [3.05, 3.63) is 10.0 Å². The van der Waals surface area contributed by atoms with E-state index in [9.17, 15) is 0 Å². The zero-order valence-corrected chi connectivity index (χ0v) is 13.7. The third-order valence-electron chi connectivity index (χ3n) is 3.85. The average molecular weight is 295 g/mol. The van der Waals surface area contributed by atoms with Crippen molar-refractivity contribution in [1.29, 1.82) is 0 Å². The maximum Gasteiger partial charge on any atom is 0.118 e. The fraction of sp³-hybridized carbons (Fsp3) is 0.875. The fourth-order valence-electron chi connectivity index (χ4n) is 2.39. The first-order valence-electron chi connectivity index (χ1n) is 8.43. The Morgan fingerprint density at radius 1 is 0.950 bits per heavy atom. The van der Waals surface area contributed by atoms with Gasteiger partial charge in [0.15, 0.2) is 0 Å². The number of rotatable bonds is 12. The van der Waals surface area contributed by atoms with Gasteiger partial charge in [-0.25, -0.2) is 0 Å². The molecular weight excluding hydrogens is 266 g/mol. The van der Waals surface area contributed by atoms with Crippen molar-refractivity contribution in [3.63, 3.8) is 0 Å². The van der Waals surface area contributed by atoms with Gasteiger partial charge in [-0.1, -0.05) is 45.4 Å². The predicted octanol–water partition coefficient (Wildman–Crippen LogP) is 4.13. The van der Waals surface area contributed by atoms with E-state index in [0.29, 0.717) is 0 Å². The summed E-state index contributed by atoms with van der Waals surface area (Å²) in [6, 6.07) is 0.801. The number of hydrogen-bond donors (Lipinski definition) is 1. The second-order valence-corrected chi connectivity index (χ2v) is 7.09. The molecule has 0 bridgehead atoms. The number of nitrogens with one attached hydrogen (secondary N) is 1. The highest BCUT2D eigenvalue weighted by Gasteiger charge is 2.19. The largest absolute Gasteiger partial charge is 0.314 e. The van der Waals surface area contributed by atoms with Crippen molar-refractivity contribution < 1.29 is 0 Å². The average Bonchev–Trinajstić information content (AvgIpc) is 3.16. The summed E-state index contributed by atoms with van der Waals surface area (Å²) in [6.45, 7) is 3.34. The third-order valence-corrected chi connectivity index (χ3v) is 4.89. The van der Waals surface area contributed by atoms with Gasteiger partial charge in [-0.05, 0) is 19.3 Å². The highest BCUT2D eigenvalue weighted by Crippen LogP contribution is 2.19. The molecule has 0 unspecified atom stereocenters. The minimum atomic E-state index is 0.801. The van der Waals surface area contributed by atoms with Crippen molar-refractivity contribution in [1.82, 2.24) is 15.5 Å². The zero-order valence-electron chi connectivity index (χ0n) is 12.9. The van der Waals surface area contributed by atoms with Gasteiger partial charge in [0.05, 0.1) is 0 Å². The maximum atomic E-state index is 4.32. The van der Waals surface area contributed by atoms with Crippen LogP contribution in [0.2, 0.25) is 0 Å². The van der Waals surface area contributed by atoms with Gasteiger partial charge in [-0.15, -0.1) is 21.5 Å². The van der Waals surface area contributed by atoms with E-state index in [1.165, 1.54) is 67.8 Å².